The van der Waals surface area contributed by atoms with Crippen molar-refractivity contribution in [3.63, 3.8) is 0 Å². The molecule has 0 aromatic heterocycles. The van der Waals surface area contributed by atoms with Crippen LogP contribution in [-0.2, 0) is 13.0 Å². The third-order valence-corrected chi connectivity index (χ3v) is 3.94. The average molecular weight is 324 g/mol. The second-order valence-corrected chi connectivity index (χ2v) is 6.01. The highest BCUT2D eigenvalue weighted by atomic mass is 35.5. The summed E-state index contributed by atoms with van der Waals surface area (Å²) in [6.45, 7) is 2.49. The highest BCUT2D eigenvalue weighted by Gasteiger charge is 2.02. The van der Waals surface area contributed by atoms with E-state index in [1.807, 2.05) is 31.2 Å². The zero-order valence-electron chi connectivity index (χ0n) is 12.0. The number of halogens is 2. The van der Waals surface area contributed by atoms with E-state index in [9.17, 15) is 0 Å². The van der Waals surface area contributed by atoms with Gasteiger partial charge in [0, 0.05) is 6.04 Å². The minimum Gasteiger partial charge on any atom is -0.489 e. The van der Waals surface area contributed by atoms with Gasteiger partial charge in [-0.25, -0.2) is 0 Å². The minimum absolute atomic E-state index is 0.232. The summed E-state index contributed by atoms with van der Waals surface area (Å²) in [4.78, 5) is 0. The van der Waals surface area contributed by atoms with Gasteiger partial charge in [-0.1, -0.05) is 41.4 Å². The topological polar surface area (TPSA) is 35.2 Å². The Morgan fingerprint density at radius 1 is 1.00 bits per heavy atom. The molecule has 0 aliphatic carbocycles. The lowest BCUT2D eigenvalue weighted by molar-refractivity contribution is 0.306. The smallest absolute Gasteiger partial charge is 0.119 e. The molecule has 2 aromatic carbocycles. The van der Waals surface area contributed by atoms with E-state index in [4.69, 9.17) is 33.7 Å². The molecule has 2 nitrogen and oxygen atoms in total. The van der Waals surface area contributed by atoms with Crippen LogP contribution in [0.15, 0.2) is 42.5 Å². The van der Waals surface area contributed by atoms with Gasteiger partial charge in [0.05, 0.1) is 10.0 Å². The van der Waals surface area contributed by atoms with Crippen LogP contribution in [0.3, 0.4) is 0 Å². The Kier molecular flexibility index (Phi) is 5.92. The van der Waals surface area contributed by atoms with E-state index >= 15 is 0 Å². The zero-order chi connectivity index (χ0) is 15.2. The third kappa shape index (κ3) is 5.24. The molecule has 0 aliphatic rings. The van der Waals surface area contributed by atoms with E-state index in [1.165, 1.54) is 5.56 Å². The molecule has 1 unspecified atom stereocenters. The molecule has 0 spiro atoms. The molecule has 2 rings (SSSR count). The lowest BCUT2D eigenvalue weighted by atomic mass is 10.1. The molecular formula is C17H19Cl2NO. The van der Waals surface area contributed by atoms with Gasteiger partial charge >= 0.3 is 0 Å². The number of hydrogen-bond acceptors (Lipinski definition) is 2. The molecule has 0 bridgehead atoms. The summed E-state index contributed by atoms with van der Waals surface area (Å²) >= 11 is 11.9. The van der Waals surface area contributed by atoms with E-state index in [1.54, 1.807) is 6.07 Å². The summed E-state index contributed by atoms with van der Waals surface area (Å²) in [5.74, 6) is 0.839. The van der Waals surface area contributed by atoms with Crippen LogP contribution in [-0.4, -0.2) is 6.04 Å². The molecule has 21 heavy (non-hydrogen) atoms. The minimum atomic E-state index is 0.232. The molecule has 0 fully saturated rings. The molecule has 4 heteroatoms. The lowest BCUT2D eigenvalue weighted by Crippen LogP contribution is -2.15. The van der Waals surface area contributed by atoms with E-state index < -0.39 is 0 Å². The van der Waals surface area contributed by atoms with Crippen LogP contribution >= 0.6 is 23.2 Å². The molecule has 112 valence electrons. The summed E-state index contributed by atoms with van der Waals surface area (Å²) in [6.07, 6.45) is 1.98. The number of hydrogen-bond donors (Lipinski definition) is 1. The average Bonchev–Trinajstić information content (AvgIpc) is 2.47. The van der Waals surface area contributed by atoms with Gasteiger partial charge < -0.3 is 10.5 Å². The van der Waals surface area contributed by atoms with Crippen LogP contribution in [0.2, 0.25) is 10.0 Å². The molecule has 1 atom stereocenters. The van der Waals surface area contributed by atoms with Crippen LogP contribution in [0.5, 0.6) is 5.75 Å². The van der Waals surface area contributed by atoms with Gasteiger partial charge in [0.15, 0.2) is 0 Å². The van der Waals surface area contributed by atoms with E-state index in [2.05, 4.69) is 12.1 Å². The van der Waals surface area contributed by atoms with Crippen molar-refractivity contribution in [3.05, 3.63) is 63.6 Å². The van der Waals surface area contributed by atoms with Crippen molar-refractivity contribution in [1.82, 2.24) is 0 Å². The standard InChI is InChI=1S/C17H19Cl2NO/c1-12(20)2-3-13-4-7-15(8-5-13)21-11-14-6-9-16(18)17(19)10-14/h4-10,12H,2-3,11,20H2,1H3. The largest absolute Gasteiger partial charge is 0.489 e. The van der Waals surface area contributed by atoms with E-state index in [0.29, 0.717) is 16.7 Å². The van der Waals surface area contributed by atoms with Gasteiger partial charge in [0.25, 0.3) is 0 Å². The van der Waals surface area contributed by atoms with Crippen LogP contribution in [0, 0.1) is 0 Å². The molecule has 0 saturated carbocycles. The van der Waals surface area contributed by atoms with Gasteiger partial charge in [0.2, 0.25) is 0 Å². The van der Waals surface area contributed by atoms with Crippen molar-refractivity contribution in [2.24, 2.45) is 5.73 Å². The second kappa shape index (κ2) is 7.69. The molecule has 0 amide bonds. The summed E-state index contributed by atoms with van der Waals surface area (Å²) in [7, 11) is 0. The molecule has 2 N–H and O–H groups in total. The van der Waals surface area contributed by atoms with Crippen molar-refractivity contribution < 1.29 is 4.74 Å². The fourth-order valence-electron chi connectivity index (χ4n) is 1.94. The predicted octanol–water partition coefficient (Wildman–Crippen LogP) is 4.85. The van der Waals surface area contributed by atoms with Crippen LogP contribution in [0.4, 0.5) is 0 Å². The number of nitrogens with two attached hydrogens (primary N) is 1. The molecular weight excluding hydrogens is 305 g/mol. The number of aryl methyl sites for hydroxylation is 1. The second-order valence-electron chi connectivity index (χ2n) is 5.20. The Morgan fingerprint density at radius 2 is 1.67 bits per heavy atom. The first-order valence-electron chi connectivity index (χ1n) is 6.96. The highest BCUT2D eigenvalue weighted by molar-refractivity contribution is 6.42. The first-order valence-corrected chi connectivity index (χ1v) is 7.71. The number of rotatable bonds is 6. The van der Waals surface area contributed by atoms with Crippen LogP contribution < -0.4 is 10.5 Å². The van der Waals surface area contributed by atoms with Gasteiger partial charge in [0.1, 0.15) is 12.4 Å². The Morgan fingerprint density at radius 3 is 2.29 bits per heavy atom. The van der Waals surface area contributed by atoms with Gasteiger partial charge in [-0.2, -0.15) is 0 Å². The van der Waals surface area contributed by atoms with Crippen molar-refractivity contribution in [2.45, 2.75) is 32.4 Å². The Bertz CT molecular complexity index is 582. The molecule has 2 aromatic rings. The first-order chi connectivity index (χ1) is 10.0. The Labute approximate surface area is 135 Å². The molecule has 0 aliphatic heterocycles. The summed E-state index contributed by atoms with van der Waals surface area (Å²) in [5.41, 5.74) is 8.02. The van der Waals surface area contributed by atoms with Crippen LogP contribution in [0.25, 0.3) is 0 Å². The normalized spacial score (nSPS) is 12.2. The van der Waals surface area contributed by atoms with Crippen molar-refractivity contribution in [2.75, 3.05) is 0 Å². The predicted molar refractivity (Wildman–Crippen MR) is 89.2 cm³/mol. The van der Waals surface area contributed by atoms with Crippen LogP contribution in [0.1, 0.15) is 24.5 Å². The van der Waals surface area contributed by atoms with E-state index in [-0.39, 0.29) is 6.04 Å². The highest BCUT2D eigenvalue weighted by Crippen LogP contribution is 2.23. The zero-order valence-corrected chi connectivity index (χ0v) is 13.5. The Balaban J connectivity index is 1.89. The summed E-state index contributed by atoms with van der Waals surface area (Å²) in [6, 6.07) is 13.9. The maximum absolute atomic E-state index is 5.98. The SMILES string of the molecule is CC(N)CCc1ccc(OCc2ccc(Cl)c(Cl)c2)cc1. The third-order valence-electron chi connectivity index (χ3n) is 3.20. The van der Waals surface area contributed by atoms with E-state index in [0.717, 1.165) is 24.2 Å². The first kappa shape index (κ1) is 16.2. The fraction of sp³-hybridized carbons (Fsp3) is 0.294. The monoisotopic (exact) mass is 323 g/mol. The van der Waals surface area contributed by atoms with Crippen molar-refractivity contribution in [1.29, 1.82) is 0 Å². The molecule has 0 saturated heterocycles. The molecule has 0 radical (unpaired) electrons. The quantitative estimate of drug-likeness (QED) is 0.824. The fourth-order valence-corrected chi connectivity index (χ4v) is 2.26. The maximum Gasteiger partial charge on any atom is 0.119 e. The van der Waals surface area contributed by atoms with Gasteiger partial charge in [-0.05, 0) is 55.2 Å². The number of benzene rings is 2. The maximum atomic E-state index is 5.98. The lowest BCUT2D eigenvalue weighted by Gasteiger charge is -2.09. The molecule has 0 heterocycles. The van der Waals surface area contributed by atoms with Gasteiger partial charge in [-0.3, -0.25) is 0 Å². The van der Waals surface area contributed by atoms with Crippen molar-refractivity contribution in [3.8, 4) is 5.75 Å². The van der Waals surface area contributed by atoms with Gasteiger partial charge in [-0.15, -0.1) is 0 Å². The summed E-state index contributed by atoms with van der Waals surface area (Å²) < 4.78 is 5.74. The Hall–Kier alpha value is -1.22. The van der Waals surface area contributed by atoms with Crippen molar-refractivity contribution >= 4 is 23.2 Å². The number of ether oxygens (including phenoxy) is 1. The summed E-state index contributed by atoms with van der Waals surface area (Å²) in [5, 5.41) is 1.10.